The zero-order valence-electron chi connectivity index (χ0n) is 24.2. The molecule has 0 aliphatic heterocycles. The molecule has 0 spiro atoms. The summed E-state index contributed by atoms with van der Waals surface area (Å²) in [5.74, 6) is -1.36. The number of aryl methyl sites for hydroxylation is 2. The fourth-order valence-electron chi connectivity index (χ4n) is 3.30. The van der Waals surface area contributed by atoms with Gasteiger partial charge >= 0.3 is 22.5 Å². The molecular weight excluding hydrogens is 643 g/mol. The number of rotatable bonds is 11. The molecular formula is C30H29N3O9S3. The van der Waals surface area contributed by atoms with Crippen molar-refractivity contribution in [3.8, 4) is 11.5 Å². The molecule has 0 aromatic heterocycles. The number of benzene rings is 4. The third kappa shape index (κ3) is 11.7. The highest BCUT2D eigenvalue weighted by atomic mass is 32.2. The summed E-state index contributed by atoms with van der Waals surface area (Å²) in [6.07, 6.45) is 0. The van der Waals surface area contributed by atoms with Gasteiger partial charge in [0.1, 0.15) is 11.5 Å². The van der Waals surface area contributed by atoms with Gasteiger partial charge in [0.05, 0.1) is 16.0 Å². The molecule has 15 heteroatoms. The Morgan fingerprint density at radius 3 is 1.36 bits per heavy atom. The number of carbonyl (C=O) groups excluding carboxylic acids is 3. The lowest BCUT2D eigenvalue weighted by Gasteiger charge is -2.13. The summed E-state index contributed by atoms with van der Waals surface area (Å²) in [7, 11) is 0. The zero-order chi connectivity index (χ0) is 32.8. The van der Waals surface area contributed by atoms with Crippen molar-refractivity contribution in [3.05, 3.63) is 125 Å². The summed E-state index contributed by atoms with van der Waals surface area (Å²) in [5, 5.41) is 0. The van der Waals surface area contributed by atoms with Crippen LogP contribution in [0.25, 0.3) is 0 Å². The summed E-state index contributed by atoms with van der Waals surface area (Å²) in [5.41, 5.74) is 3.39. The van der Waals surface area contributed by atoms with Crippen molar-refractivity contribution in [1.82, 2.24) is 14.9 Å². The molecule has 4 rings (SSSR count). The lowest BCUT2D eigenvalue weighted by Crippen LogP contribution is -2.33. The second-order valence-electron chi connectivity index (χ2n) is 8.90. The second kappa shape index (κ2) is 17.6. The summed E-state index contributed by atoms with van der Waals surface area (Å²) in [6, 6.07) is 28.2. The second-order valence-corrected chi connectivity index (χ2v) is 11.7. The van der Waals surface area contributed by atoms with E-state index in [0.717, 1.165) is 11.1 Å². The Morgan fingerprint density at radius 1 is 0.600 bits per heavy atom. The van der Waals surface area contributed by atoms with Crippen molar-refractivity contribution in [2.75, 3.05) is 0 Å². The maximum Gasteiger partial charge on any atom is 0.318 e. The van der Waals surface area contributed by atoms with Crippen LogP contribution in [0.2, 0.25) is 0 Å². The van der Waals surface area contributed by atoms with Crippen LogP contribution in [0.3, 0.4) is 0 Å². The van der Waals surface area contributed by atoms with Crippen LogP contribution in [0, 0.1) is 13.8 Å². The number of hydroxylamine groups is 1. The van der Waals surface area contributed by atoms with Gasteiger partial charge in [-0.15, -0.1) is 0 Å². The monoisotopic (exact) mass is 671 g/mol. The van der Waals surface area contributed by atoms with Gasteiger partial charge in [-0.25, -0.2) is 19.1 Å². The predicted octanol–water partition coefficient (Wildman–Crippen LogP) is 3.86. The van der Waals surface area contributed by atoms with E-state index in [1.165, 1.54) is 19.1 Å². The van der Waals surface area contributed by atoms with Crippen LogP contribution in [-0.4, -0.2) is 30.3 Å². The fraction of sp³-hybridized carbons (Fsp3) is 0.100. The Hall–Kier alpha value is -4.70. The van der Waals surface area contributed by atoms with Crippen LogP contribution < -0.4 is 23.3 Å². The number of hydrogen-bond donors (Lipinski definition) is 3. The number of hydrogen-bond acceptors (Lipinski definition) is 9. The summed E-state index contributed by atoms with van der Waals surface area (Å²) in [4.78, 5) is 36.4. The third-order valence-corrected chi connectivity index (χ3v) is 7.79. The van der Waals surface area contributed by atoms with Crippen molar-refractivity contribution in [1.29, 1.82) is 0 Å². The molecule has 0 saturated heterocycles. The first kappa shape index (κ1) is 34.8. The minimum atomic E-state index is -2.19. The molecule has 0 aliphatic rings. The van der Waals surface area contributed by atoms with Crippen molar-refractivity contribution >= 4 is 51.3 Å². The smallest absolute Gasteiger partial charge is 0.318 e. The topological polar surface area (TPSA) is 166 Å². The van der Waals surface area contributed by atoms with Crippen LogP contribution in [0.4, 0.5) is 0 Å². The molecule has 0 radical (unpaired) electrons. The molecule has 0 fully saturated rings. The number of amides is 3. The fourth-order valence-corrected chi connectivity index (χ4v) is 5.14. The van der Waals surface area contributed by atoms with E-state index >= 15 is 0 Å². The van der Waals surface area contributed by atoms with Gasteiger partial charge in [-0.2, -0.15) is 12.7 Å². The Kier molecular flexibility index (Phi) is 13.6. The van der Waals surface area contributed by atoms with Crippen LogP contribution in [0.1, 0.15) is 38.8 Å². The molecule has 45 heavy (non-hydrogen) atoms. The lowest BCUT2D eigenvalue weighted by molar-refractivity contribution is -0.124. The molecule has 3 unspecified atom stereocenters. The van der Waals surface area contributed by atoms with Gasteiger partial charge in [-0.1, -0.05) is 54.6 Å². The molecule has 3 atom stereocenters. The summed E-state index contributed by atoms with van der Waals surface area (Å²) >= 11 is -6.01. The maximum absolute atomic E-state index is 12.7. The van der Waals surface area contributed by atoms with Gasteiger partial charge in [-0.3, -0.25) is 14.4 Å². The van der Waals surface area contributed by atoms with Gasteiger partial charge in [0, 0.05) is 6.92 Å². The minimum absolute atomic E-state index is 0.0488. The zero-order valence-corrected chi connectivity index (χ0v) is 26.7. The quantitative estimate of drug-likeness (QED) is 0.201. The Bertz CT molecular complexity index is 1600. The van der Waals surface area contributed by atoms with Crippen LogP contribution in [-0.2, 0) is 42.7 Å². The summed E-state index contributed by atoms with van der Waals surface area (Å²) < 4.78 is 54.9. The largest absolute Gasteiger partial charge is 0.385 e. The minimum Gasteiger partial charge on any atom is -0.385 e. The van der Waals surface area contributed by atoms with Crippen LogP contribution >= 0.6 is 0 Å². The first-order chi connectivity index (χ1) is 21.5. The average Bonchev–Trinajstić information content (AvgIpc) is 3.02. The molecule has 236 valence electrons. The third-order valence-electron chi connectivity index (χ3n) is 5.50. The van der Waals surface area contributed by atoms with E-state index in [4.69, 9.17) is 8.37 Å². The normalized spacial score (nSPS) is 12.2. The van der Waals surface area contributed by atoms with E-state index in [0.29, 0.717) is 16.4 Å². The first-order valence-electron chi connectivity index (χ1n) is 13.0. The SMILES string of the molecule is CC(=O)NOS(=O)c1ccccc1.Cc1cc(C(=O)NS(=O)Oc2ccccc2)c(C(=O)NS(=O)Oc2ccccc2)cc1C. The van der Waals surface area contributed by atoms with Crippen molar-refractivity contribution in [2.24, 2.45) is 0 Å². The van der Waals surface area contributed by atoms with Crippen molar-refractivity contribution in [3.63, 3.8) is 0 Å². The number of nitrogens with one attached hydrogen (secondary N) is 3. The molecule has 4 aromatic rings. The highest BCUT2D eigenvalue weighted by Gasteiger charge is 2.22. The van der Waals surface area contributed by atoms with E-state index in [2.05, 4.69) is 13.7 Å². The molecule has 0 bridgehead atoms. The van der Waals surface area contributed by atoms with Gasteiger partial charge in [0.2, 0.25) is 17.0 Å². The van der Waals surface area contributed by atoms with E-state index in [9.17, 15) is 27.0 Å². The maximum atomic E-state index is 12.7. The predicted molar refractivity (Wildman–Crippen MR) is 169 cm³/mol. The molecule has 0 heterocycles. The van der Waals surface area contributed by atoms with E-state index < -0.39 is 45.4 Å². The molecule has 12 nitrogen and oxygen atoms in total. The van der Waals surface area contributed by atoms with Crippen molar-refractivity contribution in [2.45, 2.75) is 25.7 Å². The Morgan fingerprint density at radius 2 is 0.978 bits per heavy atom. The average molecular weight is 672 g/mol. The van der Waals surface area contributed by atoms with E-state index in [1.54, 1.807) is 105 Å². The molecule has 4 aromatic carbocycles. The number of carbonyl (C=O) groups is 3. The highest BCUT2D eigenvalue weighted by Crippen LogP contribution is 2.18. The summed E-state index contributed by atoms with van der Waals surface area (Å²) in [6.45, 7) is 4.81. The Labute approximate surface area is 267 Å². The molecule has 3 N–H and O–H groups in total. The van der Waals surface area contributed by atoms with E-state index in [1.807, 2.05) is 5.48 Å². The van der Waals surface area contributed by atoms with Crippen LogP contribution in [0.5, 0.6) is 11.5 Å². The van der Waals surface area contributed by atoms with Gasteiger partial charge in [0.25, 0.3) is 11.8 Å². The molecule has 0 aliphatic carbocycles. The molecule has 0 saturated carbocycles. The number of para-hydroxylation sites is 2. The lowest BCUT2D eigenvalue weighted by atomic mass is 9.99. The van der Waals surface area contributed by atoms with Crippen LogP contribution in [0.15, 0.2) is 108 Å². The Balaban J connectivity index is 0.000000355. The highest BCUT2D eigenvalue weighted by molar-refractivity contribution is 7.80. The van der Waals surface area contributed by atoms with Crippen molar-refractivity contribution < 1.29 is 39.7 Å². The van der Waals surface area contributed by atoms with E-state index in [-0.39, 0.29) is 17.0 Å². The van der Waals surface area contributed by atoms with Gasteiger partial charge in [0.15, 0.2) is 0 Å². The van der Waals surface area contributed by atoms with Gasteiger partial charge < -0.3 is 8.37 Å². The first-order valence-corrected chi connectivity index (χ1v) is 16.2. The standard InChI is InChI=1S/C22H20N2O6S2.C8H9NO3S/c1-15-13-19(21(25)23-31(27)29-17-9-5-3-6-10-17)20(14-16(15)2)22(26)24-32(28)30-18-11-7-4-8-12-18;1-7(10)9-12-13(11)8-5-3-2-4-6-8/h3-14H,1-2H3,(H,23,25)(H,24,26);2-6H,1H3,(H,9,10). The molecule has 3 amide bonds. The van der Waals surface area contributed by atoms with Gasteiger partial charge in [-0.05, 0) is 73.5 Å².